The molecule has 0 aromatic carbocycles. The number of hydrogen-bond acceptors (Lipinski definition) is 5. The second-order valence-corrected chi connectivity index (χ2v) is 5.96. The molecule has 1 atom stereocenters. The second kappa shape index (κ2) is 6.24. The Hall–Kier alpha value is -0.910. The Balaban J connectivity index is 1.59. The highest BCUT2D eigenvalue weighted by Gasteiger charge is 2.30. The topological polar surface area (TPSA) is 35.5 Å². The van der Waals surface area contributed by atoms with Crippen LogP contribution >= 0.6 is 11.6 Å². The molecule has 6 heteroatoms. The molecule has 5 nitrogen and oxygen atoms in total. The van der Waals surface area contributed by atoms with Gasteiger partial charge in [-0.25, -0.2) is 9.97 Å². The summed E-state index contributed by atoms with van der Waals surface area (Å²) >= 11 is 6.19. The Bertz CT molecular complexity index is 447. The highest BCUT2D eigenvalue weighted by Crippen LogP contribution is 2.27. The number of anilines is 1. The number of piperazine rings is 1. The summed E-state index contributed by atoms with van der Waals surface area (Å²) in [7, 11) is 0. The van der Waals surface area contributed by atoms with Crippen molar-refractivity contribution in [3.63, 3.8) is 0 Å². The Morgan fingerprint density at radius 3 is 2.75 bits per heavy atom. The van der Waals surface area contributed by atoms with E-state index in [2.05, 4.69) is 31.6 Å². The van der Waals surface area contributed by atoms with Crippen molar-refractivity contribution in [1.82, 2.24) is 19.8 Å². The van der Waals surface area contributed by atoms with Crippen LogP contribution in [0.1, 0.15) is 13.3 Å². The molecule has 1 aromatic rings. The van der Waals surface area contributed by atoms with Gasteiger partial charge in [-0.1, -0.05) is 18.5 Å². The molecule has 0 spiro atoms. The van der Waals surface area contributed by atoms with Gasteiger partial charge in [0.15, 0.2) is 5.82 Å². The quantitative estimate of drug-likeness (QED) is 0.841. The maximum Gasteiger partial charge on any atom is 0.150 e. The van der Waals surface area contributed by atoms with Gasteiger partial charge in [-0.2, -0.15) is 0 Å². The van der Waals surface area contributed by atoms with Gasteiger partial charge in [-0.15, -0.1) is 0 Å². The van der Waals surface area contributed by atoms with Crippen LogP contribution in [0.2, 0.25) is 5.02 Å². The fourth-order valence-corrected chi connectivity index (χ4v) is 3.44. The highest BCUT2D eigenvalue weighted by atomic mass is 35.5. The molecular formula is C14H22ClN5. The molecule has 0 radical (unpaired) electrons. The molecule has 1 unspecified atom stereocenters. The molecule has 2 aliphatic rings. The Kier molecular flexibility index (Phi) is 4.38. The molecule has 2 saturated heterocycles. The van der Waals surface area contributed by atoms with E-state index < -0.39 is 0 Å². The SMILES string of the molecule is CCN1CCN(C2CCN(c3ncncc3Cl)C2)CC1. The minimum atomic E-state index is 0.639. The molecule has 3 heterocycles. The minimum Gasteiger partial charge on any atom is -0.354 e. The molecule has 0 aliphatic carbocycles. The molecule has 2 aliphatic heterocycles. The van der Waals surface area contributed by atoms with Crippen molar-refractivity contribution in [2.75, 3.05) is 50.7 Å². The summed E-state index contributed by atoms with van der Waals surface area (Å²) in [5.74, 6) is 0.886. The maximum absolute atomic E-state index is 6.19. The monoisotopic (exact) mass is 295 g/mol. The number of nitrogens with zero attached hydrogens (tertiary/aromatic N) is 5. The lowest BCUT2D eigenvalue weighted by Gasteiger charge is -2.37. The summed E-state index contributed by atoms with van der Waals surface area (Å²) in [5.41, 5.74) is 0. The fraction of sp³-hybridized carbons (Fsp3) is 0.714. The number of likely N-dealkylation sites (N-methyl/N-ethyl adjacent to an activating group) is 1. The zero-order valence-corrected chi connectivity index (χ0v) is 12.8. The van der Waals surface area contributed by atoms with Gasteiger partial charge in [0, 0.05) is 45.3 Å². The zero-order valence-electron chi connectivity index (χ0n) is 12.0. The van der Waals surface area contributed by atoms with Crippen LogP contribution in [0.4, 0.5) is 5.82 Å². The van der Waals surface area contributed by atoms with Gasteiger partial charge < -0.3 is 9.80 Å². The number of aromatic nitrogens is 2. The lowest BCUT2D eigenvalue weighted by atomic mass is 10.2. The fourth-order valence-electron chi connectivity index (χ4n) is 3.22. The summed E-state index contributed by atoms with van der Waals surface area (Å²) in [5, 5.41) is 0.656. The number of halogens is 1. The molecule has 0 N–H and O–H groups in total. The summed E-state index contributed by atoms with van der Waals surface area (Å²) in [6.45, 7) is 10.2. The van der Waals surface area contributed by atoms with Crippen LogP contribution in [0.3, 0.4) is 0 Å². The number of rotatable bonds is 3. The Morgan fingerprint density at radius 2 is 2.05 bits per heavy atom. The average Bonchev–Trinajstić information content (AvgIpc) is 2.97. The normalized spacial score (nSPS) is 25.3. The molecule has 2 fully saturated rings. The predicted molar refractivity (Wildman–Crippen MR) is 81.3 cm³/mol. The summed E-state index contributed by atoms with van der Waals surface area (Å²) < 4.78 is 0. The van der Waals surface area contributed by atoms with Crippen LogP contribution in [-0.4, -0.2) is 71.6 Å². The Morgan fingerprint density at radius 1 is 1.25 bits per heavy atom. The Labute approximate surface area is 125 Å². The van der Waals surface area contributed by atoms with Crippen molar-refractivity contribution in [3.8, 4) is 0 Å². The molecule has 1 aromatic heterocycles. The predicted octanol–water partition coefficient (Wildman–Crippen LogP) is 1.35. The van der Waals surface area contributed by atoms with Gasteiger partial charge in [0.05, 0.1) is 6.20 Å². The average molecular weight is 296 g/mol. The molecule has 3 rings (SSSR count). The maximum atomic E-state index is 6.19. The van der Waals surface area contributed by atoms with E-state index >= 15 is 0 Å². The standard InChI is InChI=1S/C14H22ClN5/c1-2-18-5-7-19(8-6-18)12-3-4-20(10-12)14-13(15)9-16-11-17-14/h9,11-12H,2-8,10H2,1H3. The summed E-state index contributed by atoms with van der Waals surface area (Å²) in [4.78, 5) is 15.7. The minimum absolute atomic E-state index is 0.639. The van der Waals surface area contributed by atoms with E-state index in [9.17, 15) is 0 Å². The van der Waals surface area contributed by atoms with E-state index in [1.807, 2.05) is 0 Å². The molecular weight excluding hydrogens is 274 g/mol. The van der Waals surface area contributed by atoms with Gasteiger partial charge in [0.2, 0.25) is 0 Å². The molecule has 0 bridgehead atoms. The third-order valence-corrected chi connectivity index (χ3v) is 4.75. The van der Waals surface area contributed by atoms with Crippen LogP contribution in [0.15, 0.2) is 12.5 Å². The van der Waals surface area contributed by atoms with E-state index in [0.717, 1.165) is 18.9 Å². The number of hydrogen-bond donors (Lipinski definition) is 0. The second-order valence-electron chi connectivity index (χ2n) is 5.55. The first-order valence-corrected chi connectivity index (χ1v) is 7.82. The summed E-state index contributed by atoms with van der Waals surface area (Å²) in [6.07, 6.45) is 4.46. The van der Waals surface area contributed by atoms with Gasteiger partial charge in [0.25, 0.3) is 0 Å². The van der Waals surface area contributed by atoms with Gasteiger partial charge >= 0.3 is 0 Å². The highest BCUT2D eigenvalue weighted by molar-refractivity contribution is 6.32. The van der Waals surface area contributed by atoms with E-state index in [4.69, 9.17) is 11.6 Å². The van der Waals surface area contributed by atoms with Crippen molar-refractivity contribution >= 4 is 17.4 Å². The first kappa shape index (κ1) is 14.0. The smallest absolute Gasteiger partial charge is 0.150 e. The third kappa shape index (κ3) is 2.90. The molecule has 0 amide bonds. The van der Waals surface area contributed by atoms with Crippen molar-refractivity contribution in [3.05, 3.63) is 17.5 Å². The molecule has 110 valence electrons. The summed E-state index contributed by atoms with van der Waals surface area (Å²) in [6, 6.07) is 0.639. The van der Waals surface area contributed by atoms with Gasteiger partial charge in [-0.05, 0) is 13.0 Å². The van der Waals surface area contributed by atoms with E-state index in [1.54, 1.807) is 12.5 Å². The van der Waals surface area contributed by atoms with E-state index in [0.29, 0.717) is 11.1 Å². The zero-order chi connectivity index (χ0) is 13.9. The first-order valence-electron chi connectivity index (χ1n) is 7.44. The van der Waals surface area contributed by atoms with Crippen LogP contribution < -0.4 is 4.90 Å². The first-order chi connectivity index (χ1) is 9.78. The van der Waals surface area contributed by atoms with Gasteiger partial charge in [0.1, 0.15) is 11.3 Å². The van der Waals surface area contributed by atoms with E-state index in [-0.39, 0.29) is 0 Å². The third-order valence-electron chi connectivity index (χ3n) is 4.48. The molecule has 0 saturated carbocycles. The van der Waals surface area contributed by atoms with Gasteiger partial charge in [-0.3, -0.25) is 4.90 Å². The van der Waals surface area contributed by atoms with Crippen molar-refractivity contribution in [2.24, 2.45) is 0 Å². The lowest BCUT2D eigenvalue weighted by Crippen LogP contribution is -2.50. The van der Waals surface area contributed by atoms with Crippen molar-refractivity contribution in [2.45, 2.75) is 19.4 Å². The van der Waals surface area contributed by atoms with Crippen molar-refractivity contribution in [1.29, 1.82) is 0 Å². The van der Waals surface area contributed by atoms with Crippen LogP contribution in [0, 0.1) is 0 Å². The van der Waals surface area contributed by atoms with Crippen LogP contribution in [-0.2, 0) is 0 Å². The van der Waals surface area contributed by atoms with E-state index in [1.165, 1.54) is 39.1 Å². The van der Waals surface area contributed by atoms with Crippen molar-refractivity contribution < 1.29 is 0 Å². The molecule has 20 heavy (non-hydrogen) atoms. The lowest BCUT2D eigenvalue weighted by molar-refractivity contribution is 0.107. The van der Waals surface area contributed by atoms with Crippen LogP contribution in [0.25, 0.3) is 0 Å². The largest absolute Gasteiger partial charge is 0.354 e. The van der Waals surface area contributed by atoms with Crippen LogP contribution in [0.5, 0.6) is 0 Å².